The third-order valence-electron chi connectivity index (χ3n) is 6.51. The molecule has 0 aromatic rings. The number of nitrogens with one attached hydrogen (secondary N) is 4. The first-order chi connectivity index (χ1) is 11.6. The fourth-order valence-corrected chi connectivity index (χ4v) is 5.68. The maximum absolute atomic E-state index is 12.3. The van der Waals surface area contributed by atoms with Crippen molar-refractivity contribution in [3.8, 4) is 0 Å². The van der Waals surface area contributed by atoms with Crippen LogP contribution in [0.4, 0.5) is 4.79 Å². The lowest BCUT2D eigenvalue weighted by molar-refractivity contribution is -0.121. The fourth-order valence-electron chi connectivity index (χ4n) is 5.68. The van der Waals surface area contributed by atoms with Crippen molar-refractivity contribution in [1.29, 1.82) is 0 Å². The van der Waals surface area contributed by atoms with Crippen LogP contribution in [0.3, 0.4) is 0 Å². The maximum Gasteiger partial charge on any atom is 0.315 e. The standard InChI is InChI=1S/C18H30N4O2/c23-16(21-11-15-9-19-10-15)1-2-20-17(24)22-18-6-12-3-13(7-18)5-14(4-12)8-18/h12-15,19H,1-11H2,(H,21,23)(H2,20,22,24). The zero-order valence-corrected chi connectivity index (χ0v) is 14.4. The molecule has 5 rings (SSSR count). The van der Waals surface area contributed by atoms with Crippen molar-refractivity contribution >= 4 is 11.9 Å². The van der Waals surface area contributed by atoms with E-state index in [9.17, 15) is 9.59 Å². The summed E-state index contributed by atoms with van der Waals surface area (Å²) in [4.78, 5) is 24.0. The van der Waals surface area contributed by atoms with Crippen molar-refractivity contribution in [3.05, 3.63) is 0 Å². The molecule has 0 aromatic heterocycles. The second-order valence-electron chi connectivity index (χ2n) is 8.66. The molecule has 0 spiro atoms. The summed E-state index contributed by atoms with van der Waals surface area (Å²) in [6.07, 6.45) is 7.94. The van der Waals surface area contributed by atoms with Crippen molar-refractivity contribution in [2.24, 2.45) is 23.7 Å². The lowest BCUT2D eigenvalue weighted by Gasteiger charge is -2.56. The van der Waals surface area contributed by atoms with E-state index in [1.165, 1.54) is 19.3 Å². The summed E-state index contributed by atoms with van der Waals surface area (Å²) in [6.45, 7) is 3.14. The van der Waals surface area contributed by atoms with Crippen molar-refractivity contribution in [2.75, 3.05) is 26.2 Å². The maximum atomic E-state index is 12.3. The van der Waals surface area contributed by atoms with Crippen molar-refractivity contribution in [3.63, 3.8) is 0 Å². The van der Waals surface area contributed by atoms with Gasteiger partial charge in [0, 0.05) is 44.1 Å². The van der Waals surface area contributed by atoms with Crippen LogP contribution in [0.2, 0.25) is 0 Å². The van der Waals surface area contributed by atoms with Crippen LogP contribution in [0, 0.1) is 23.7 Å². The Bertz CT molecular complexity index is 468. The van der Waals surface area contributed by atoms with Gasteiger partial charge in [-0.3, -0.25) is 4.79 Å². The van der Waals surface area contributed by atoms with E-state index in [-0.39, 0.29) is 17.5 Å². The van der Waals surface area contributed by atoms with Crippen molar-refractivity contribution in [2.45, 2.75) is 50.5 Å². The van der Waals surface area contributed by atoms with E-state index in [1.807, 2.05) is 0 Å². The molecule has 6 heteroatoms. The quantitative estimate of drug-likeness (QED) is 0.584. The minimum Gasteiger partial charge on any atom is -0.356 e. The van der Waals surface area contributed by atoms with Gasteiger partial charge in [-0.2, -0.15) is 0 Å². The van der Waals surface area contributed by atoms with Gasteiger partial charge in [0.25, 0.3) is 0 Å². The first-order valence-electron chi connectivity index (χ1n) is 9.64. The SMILES string of the molecule is O=C(CCNC(=O)NC12CC3CC(CC(C3)C1)C2)NCC1CNC1. The number of urea groups is 1. The third kappa shape index (κ3) is 3.53. The Kier molecular flexibility index (Phi) is 4.41. The zero-order valence-electron chi connectivity index (χ0n) is 14.4. The lowest BCUT2D eigenvalue weighted by Crippen LogP contribution is -2.61. The molecule has 1 aliphatic heterocycles. The first kappa shape index (κ1) is 16.2. The minimum atomic E-state index is -0.0899. The topological polar surface area (TPSA) is 82.3 Å². The molecule has 0 radical (unpaired) electrons. The van der Waals surface area contributed by atoms with Gasteiger partial charge in [-0.1, -0.05) is 0 Å². The number of amides is 3. The summed E-state index contributed by atoms with van der Waals surface area (Å²) in [6, 6.07) is -0.0899. The molecule has 1 saturated heterocycles. The Labute approximate surface area is 143 Å². The van der Waals surface area contributed by atoms with E-state index in [0.29, 0.717) is 18.9 Å². The highest BCUT2D eigenvalue weighted by atomic mass is 16.2. The van der Waals surface area contributed by atoms with E-state index in [1.54, 1.807) is 0 Å². The van der Waals surface area contributed by atoms with Gasteiger partial charge in [0.2, 0.25) is 5.91 Å². The van der Waals surface area contributed by atoms with Gasteiger partial charge in [-0.25, -0.2) is 4.79 Å². The molecule has 4 saturated carbocycles. The van der Waals surface area contributed by atoms with E-state index in [0.717, 1.165) is 56.7 Å². The van der Waals surface area contributed by atoms with Gasteiger partial charge < -0.3 is 21.3 Å². The molecule has 5 aliphatic rings. The Morgan fingerprint density at radius 1 is 0.958 bits per heavy atom. The van der Waals surface area contributed by atoms with E-state index in [4.69, 9.17) is 0 Å². The van der Waals surface area contributed by atoms with Crippen LogP contribution in [0.1, 0.15) is 44.9 Å². The molecule has 4 aliphatic carbocycles. The Hall–Kier alpha value is -1.30. The molecule has 134 valence electrons. The lowest BCUT2D eigenvalue weighted by atomic mass is 9.53. The molecule has 6 nitrogen and oxygen atoms in total. The van der Waals surface area contributed by atoms with Crippen LogP contribution in [0.15, 0.2) is 0 Å². The van der Waals surface area contributed by atoms with Gasteiger partial charge in [0.05, 0.1) is 0 Å². The highest BCUT2D eigenvalue weighted by Gasteiger charge is 2.51. The largest absolute Gasteiger partial charge is 0.356 e. The predicted molar refractivity (Wildman–Crippen MR) is 91.4 cm³/mol. The summed E-state index contributed by atoms with van der Waals surface area (Å²) >= 11 is 0. The minimum absolute atomic E-state index is 0.0250. The van der Waals surface area contributed by atoms with Crippen LogP contribution in [-0.2, 0) is 4.79 Å². The molecule has 4 bridgehead atoms. The number of carbonyl (C=O) groups is 2. The smallest absolute Gasteiger partial charge is 0.315 e. The summed E-state index contributed by atoms with van der Waals surface area (Å²) in [7, 11) is 0. The number of rotatable bonds is 6. The van der Waals surface area contributed by atoms with Gasteiger partial charge in [-0.15, -0.1) is 0 Å². The van der Waals surface area contributed by atoms with Crippen molar-refractivity contribution < 1.29 is 9.59 Å². The van der Waals surface area contributed by atoms with Gasteiger partial charge in [0.15, 0.2) is 0 Å². The van der Waals surface area contributed by atoms with Crippen LogP contribution in [-0.4, -0.2) is 43.7 Å². The summed E-state index contributed by atoms with van der Waals surface area (Å²) in [5, 5.41) is 12.3. The van der Waals surface area contributed by atoms with E-state index < -0.39 is 0 Å². The number of hydrogen-bond acceptors (Lipinski definition) is 3. The Morgan fingerprint density at radius 2 is 1.58 bits per heavy atom. The van der Waals surface area contributed by atoms with Gasteiger partial charge in [0.1, 0.15) is 0 Å². The molecular formula is C18H30N4O2. The third-order valence-corrected chi connectivity index (χ3v) is 6.51. The molecule has 24 heavy (non-hydrogen) atoms. The molecule has 0 atom stereocenters. The summed E-state index contributed by atoms with van der Waals surface area (Å²) in [5.41, 5.74) is 0.0400. The highest BCUT2D eigenvalue weighted by Crippen LogP contribution is 2.55. The Morgan fingerprint density at radius 3 is 2.12 bits per heavy atom. The van der Waals surface area contributed by atoms with Gasteiger partial charge in [-0.05, 0) is 56.3 Å². The van der Waals surface area contributed by atoms with Crippen LogP contribution < -0.4 is 21.3 Å². The molecular weight excluding hydrogens is 304 g/mol. The summed E-state index contributed by atoms with van der Waals surface area (Å²) in [5.74, 6) is 3.06. The van der Waals surface area contributed by atoms with E-state index in [2.05, 4.69) is 21.3 Å². The molecule has 3 amide bonds. The number of hydrogen-bond donors (Lipinski definition) is 4. The molecule has 4 N–H and O–H groups in total. The molecule has 0 aromatic carbocycles. The highest BCUT2D eigenvalue weighted by molar-refractivity contribution is 5.78. The first-order valence-corrected chi connectivity index (χ1v) is 9.64. The molecule has 0 unspecified atom stereocenters. The molecule has 1 heterocycles. The Balaban J connectivity index is 1.16. The average Bonchev–Trinajstić information content (AvgIpc) is 2.43. The predicted octanol–water partition coefficient (Wildman–Crippen LogP) is 0.980. The van der Waals surface area contributed by atoms with Gasteiger partial charge >= 0.3 is 6.03 Å². The van der Waals surface area contributed by atoms with Crippen LogP contribution in [0.25, 0.3) is 0 Å². The van der Waals surface area contributed by atoms with E-state index >= 15 is 0 Å². The fraction of sp³-hybridized carbons (Fsp3) is 0.889. The van der Waals surface area contributed by atoms with Crippen LogP contribution in [0.5, 0.6) is 0 Å². The monoisotopic (exact) mass is 334 g/mol. The zero-order chi connectivity index (χ0) is 16.6. The normalized spacial score (nSPS) is 36.9. The van der Waals surface area contributed by atoms with Crippen LogP contribution >= 0.6 is 0 Å². The molecule has 5 fully saturated rings. The second kappa shape index (κ2) is 6.54. The average molecular weight is 334 g/mol. The second-order valence-corrected chi connectivity index (χ2v) is 8.66. The van der Waals surface area contributed by atoms with Crippen molar-refractivity contribution in [1.82, 2.24) is 21.3 Å². The number of carbonyl (C=O) groups excluding carboxylic acids is 2. The summed E-state index contributed by atoms with van der Waals surface area (Å²) < 4.78 is 0.